The van der Waals surface area contributed by atoms with Crippen LogP contribution in [0.1, 0.15) is 61.7 Å². The lowest BCUT2D eigenvalue weighted by atomic mass is 9.97. The van der Waals surface area contributed by atoms with Crippen LogP contribution < -0.4 is 10.6 Å². The van der Waals surface area contributed by atoms with Gasteiger partial charge in [-0.25, -0.2) is 4.79 Å². The van der Waals surface area contributed by atoms with Gasteiger partial charge in [-0.3, -0.25) is 9.59 Å². The summed E-state index contributed by atoms with van der Waals surface area (Å²) in [6.07, 6.45) is 7.60. The lowest BCUT2D eigenvalue weighted by Crippen LogP contribution is -2.38. The standard InChI is InChI=1S/C20H25N3O4/c21-13-12-18(24)22-17-10-8-15(9-11-17)20(26)27-14-19(25)23-16-6-4-2-1-3-5-7-16/h8-11,16H,1-7,12,14H2,(H,22,24)(H,23,25). The number of carbonyl (C=O) groups is 3. The number of nitrogens with zero attached hydrogens (tertiary/aromatic N) is 1. The highest BCUT2D eigenvalue weighted by molar-refractivity contribution is 5.94. The molecule has 1 aliphatic rings. The van der Waals surface area contributed by atoms with Crippen molar-refractivity contribution in [2.45, 2.75) is 57.4 Å². The second-order valence-electron chi connectivity index (χ2n) is 6.65. The highest BCUT2D eigenvalue weighted by atomic mass is 16.5. The molecule has 7 heteroatoms. The van der Waals surface area contributed by atoms with Gasteiger partial charge in [0.1, 0.15) is 6.42 Å². The highest BCUT2D eigenvalue weighted by Crippen LogP contribution is 2.17. The molecule has 0 heterocycles. The molecule has 0 unspecified atom stereocenters. The number of hydrogen-bond donors (Lipinski definition) is 2. The Kier molecular flexibility index (Phi) is 8.30. The summed E-state index contributed by atoms with van der Waals surface area (Å²) in [5.74, 6) is -1.30. The third-order valence-electron chi connectivity index (χ3n) is 4.45. The smallest absolute Gasteiger partial charge is 0.338 e. The second kappa shape index (κ2) is 11.0. The van der Waals surface area contributed by atoms with E-state index in [1.165, 1.54) is 31.4 Å². The van der Waals surface area contributed by atoms with E-state index < -0.39 is 11.9 Å². The minimum absolute atomic E-state index is 0.160. The lowest BCUT2D eigenvalue weighted by molar-refractivity contribution is -0.125. The zero-order valence-corrected chi connectivity index (χ0v) is 15.3. The number of rotatable bonds is 6. The van der Waals surface area contributed by atoms with Gasteiger partial charge in [0.2, 0.25) is 5.91 Å². The summed E-state index contributed by atoms with van der Waals surface area (Å²) < 4.78 is 5.07. The van der Waals surface area contributed by atoms with Crippen LogP contribution in [0.15, 0.2) is 24.3 Å². The van der Waals surface area contributed by atoms with Gasteiger partial charge in [-0.05, 0) is 37.1 Å². The van der Waals surface area contributed by atoms with Crippen molar-refractivity contribution in [3.8, 4) is 6.07 Å². The van der Waals surface area contributed by atoms with Crippen molar-refractivity contribution in [3.05, 3.63) is 29.8 Å². The van der Waals surface area contributed by atoms with Crippen molar-refractivity contribution in [3.63, 3.8) is 0 Å². The molecule has 0 aliphatic heterocycles. The molecule has 1 aliphatic carbocycles. The Balaban J connectivity index is 1.76. The van der Waals surface area contributed by atoms with Crippen molar-refractivity contribution in [1.29, 1.82) is 5.26 Å². The van der Waals surface area contributed by atoms with Gasteiger partial charge in [-0.2, -0.15) is 5.26 Å². The molecule has 0 aromatic heterocycles. The number of amides is 2. The normalized spacial score (nSPS) is 14.9. The monoisotopic (exact) mass is 371 g/mol. The van der Waals surface area contributed by atoms with Crippen LogP contribution in [-0.2, 0) is 14.3 Å². The fourth-order valence-electron chi connectivity index (χ4n) is 3.05. The molecule has 0 bridgehead atoms. The fraction of sp³-hybridized carbons (Fsp3) is 0.500. The van der Waals surface area contributed by atoms with E-state index in [2.05, 4.69) is 10.6 Å². The van der Waals surface area contributed by atoms with E-state index >= 15 is 0 Å². The molecule has 1 aromatic carbocycles. The molecule has 0 saturated heterocycles. The summed E-state index contributed by atoms with van der Waals surface area (Å²) in [6, 6.07) is 7.99. The number of hydrogen-bond acceptors (Lipinski definition) is 5. The highest BCUT2D eigenvalue weighted by Gasteiger charge is 2.16. The molecular formula is C20H25N3O4. The van der Waals surface area contributed by atoms with Crippen LogP contribution in [0.25, 0.3) is 0 Å². The van der Waals surface area contributed by atoms with Crippen molar-refractivity contribution in [2.75, 3.05) is 11.9 Å². The Hall–Kier alpha value is -2.88. The molecule has 0 atom stereocenters. The molecule has 2 N–H and O–H groups in total. The van der Waals surface area contributed by atoms with Crippen molar-refractivity contribution >= 4 is 23.5 Å². The van der Waals surface area contributed by atoms with E-state index in [1.54, 1.807) is 18.2 Å². The molecule has 0 radical (unpaired) electrons. The summed E-state index contributed by atoms with van der Waals surface area (Å²) in [5, 5.41) is 13.9. The number of anilines is 1. The van der Waals surface area contributed by atoms with Gasteiger partial charge in [0, 0.05) is 11.7 Å². The molecule has 1 saturated carbocycles. The van der Waals surface area contributed by atoms with Crippen molar-refractivity contribution in [2.24, 2.45) is 0 Å². The van der Waals surface area contributed by atoms with Gasteiger partial charge in [0.15, 0.2) is 6.61 Å². The molecule has 1 aromatic rings. The van der Waals surface area contributed by atoms with Crippen LogP contribution >= 0.6 is 0 Å². The zero-order valence-electron chi connectivity index (χ0n) is 15.3. The lowest BCUT2D eigenvalue weighted by Gasteiger charge is -2.20. The average molecular weight is 371 g/mol. The van der Waals surface area contributed by atoms with Crippen LogP contribution in [-0.4, -0.2) is 30.4 Å². The first-order chi connectivity index (χ1) is 13.1. The predicted molar refractivity (Wildman–Crippen MR) is 99.8 cm³/mol. The summed E-state index contributed by atoms with van der Waals surface area (Å²) in [5.41, 5.74) is 0.765. The predicted octanol–water partition coefficient (Wildman–Crippen LogP) is 2.92. The van der Waals surface area contributed by atoms with Gasteiger partial charge in [0.05, 0.1) is 11.6 Å². The minimum atomic E-state index is -0.599. The van der Waals surface area contributed by atoms with E-state index in [1.807, 2.05) is 0 Å². The first-order valence-corrected chi connectivity index (χ1v) is 9.32. The maximum Gasteiger partial charge on any atom is 0.338 e. The van der Waals surface area contributed by atoms with E-state index in [0.717, 1.165) is 25.7 Å². The van der Waals surface area contributed by atoms with E-state index in [9.17, 15) is 14.4 Å². The first-order valence-electron chi connectivity index (χ1n) is 9.32. The van der Waals surface area contributed by atoms with E-state index in [4.69, 9.17) is 10.00 Å². The number of nitrogens with one attached hydrogen (secondary N) is 2. The number of esters is 1. The maximum absolute atomic E-state index is 12.0. The van der Waals surface area contributed by atoms with Gasteiger partial charge >= 0.3 is 5.97 Å². The molecule has 7 nitrogen and oxygen atoms in total. The quantitative estimate of drug-likeness (QED) is 0.748. The SMILES string of the molecule is N#CCC(=O)Nc1ccc(C(=O)OCC(=O)NC2CCCCCCC2)cc1. The molecule has 0 spiro atoms. The van der Waals surface area contributed by atoms with Crippen molar-refractivity contribution < 1.29 is 19.1 Å². The Labute approximate surface area is 159 Å². The molecule has 2 rings (SSSR count). The van der Waals surface area contributed by atoms with Crippen LogP contribution in [0.4, 0.5) is 5.69 Å². The van der Waals surface area contributed by atoms with Gasteiger partial charge in [-0.15, -0.1) is 0 Å². The minimum Gasteiger partial charge on any atom is -0.452 e. The van der Waals surface area contributed by atoms with Crippen LogP contribution in [0, 0.1) is 11.3 Å². The van der Waals surface area contributed by atoms with E-state index in [-0.39, 0.29) is 30.5 Å². The zero-order chi connectivity index (χ0) is 19.5. The number of carbonyl (C=O) groups excluding carboxylic acids is 3. The molecule has 1 fully saturated rings. The largest absolute Gasteiger partial charge is 0.452 e. The van der Waals surface area contributed by atoms with Crippen LogP contribution in [0.3, 0.4) is 0 Å². The van der Waals surface area contributed by atoms with Gasteiger partial charge in [-0.1, -0.05) is 32.1 Å². The average Bonchev–Trinajstić information content (AvgIpc) is 2.62. The Bertz CT molecular complexity index is 686. The fourth-order valence-corrected chi connectivity index (χ4v) is 3.05. The molecular weight excluding hydrogens is 346 g/mol. The summed E-state index contributed by atoms with van der Waals surface area (Å²) in [6.45, 7) is -0.310. The second-order valence-corrected chi connectivity index (χ2v) is 6.65. The van der Waals surface area contributed by atoms with Crippen LogP contribution in [0.2, 0.25) is 0 Å². The maximum atomic E-state index is 12.0. The summed E-state index contributed by atoms with van der Waals surface area (Å²) in [7, 11) is 0. The third kappa shape index (κ3) is 7.48. The third-order valence-corrected chi connectivity index (χ3v) is 4.45. The van der Waals surface area contributed by atoms with Crippen LogP contribution in [0.5, 0.6) is 0 Å². The van der Waals surface area contributed by atoms with Crippen molar-refractivity contribution in [1.82, 2.24) is 5.32 Å². The molecule has 27 heavy (non-hydrogen) atoms. The Morgan fingerprint density at radius 1 is 1.00 bits per heavy atom. The Morgan fingerprint density at radius 3 is 2.26 bits per heavy atom. The number of nitriles is 1. The van der Waals surface area contributed by atoms with E-state index in [0.29, 0.717) is 5.69 Å². The summed E-state index contributed by atoms with van der Waals surface area (Å²) >= 11 is 0. The molecule has 2 amide bonds. The number of ether oxygens (including phenoxy) is 1. The Morgan fingerprint density at radius 2 is 1.63 bits per heavy atom. The summed E-state index contributed by atoms with van der Waals surface area (Å²) in [4.78, 5) is 35.4. The number of benzene rings is 1. The van der Waals surface area contributed by atoms with Gasteiger partial charge in [0.25, 0.3) is 5.91 Å². The molecule has 144 valence electrons. The topological polar surface area (TPSA) is 108 Å². The first kappa shape index (κ1) is 20.4. The van der Waals surface area contributed by atoms with Gasteiger partial charge < -0.3 is 15.4 Å².